The number of nitrogens with zero attached hydrogens (tertiary/aromatic N) is 1. The maximum atomic E-state index is 12.4. The van der Waals surface area contributed by atoms with Gasteiger partial charge in [-0.1, -0.05) is 11.6 Å². The molecule has 2 aromatic rings. The van der Waals surface area contributed by atoms with Gasteiger partial charge in [0.25, 0.3) is 0 Å². The number of anilines is 3. The van der Waals surface area contributed by atoms with E-state index < -0.39 is 23.6 Å². The van der Waals surface area contributed by atoms with Crippen molar-refractivity contribution in [3.63, 3.8) is 0 Å². The molecule has 1 aromatic heterocycles. The molecule has 0 spiro atoms. The van der Waals surface area contributed by atoms with Crippen LogP contribution in [0.1, 0.15) is 27.7 Å². The highest BCUT2D eigenvalue weighted by Crippen LogP contribution is 2.24. The van der Waals surface area contributed by atoms with Crippen molar-refractivity contribution in [1.29, 1.82) is 0 Å². The molecule has 144 valence electrons. The van der Waals surface area contributed by atoms with Crippen molar-refractivity contribution in [3.8, 4) is 0 Å². The Kier molecular flexibility index (Phi) is 6.63. The number of hydrogen-bond donors (Lipinski definition) is 3. The highest BCUT2D eigenvalue weighted by Gasteiger charge is 2.21. The summed E-state index contributed by atoms with van der Waals surface area (Å²) in [6.45, 7) is 6.83. The number of rotatable bonds is 5. The van der Waals surface area contributed by atoms with E-state index in [1.54, 1.807) is 70.3 Å². The molecule has 0 bridgehead atoms. The Morgan fingerprint density at radius 3 is 2.44 bits per heavy atom. The van der Waals surface area contributed by atoms with E-state index in [0.717, 1.165) is 5.69 Å². The molecule has 0 unspecified atom stereocenters. The first kappa shape index (κ1) is 20.5. The number of ether oxygens (including phenoxy) is 1. The third-order valence-corrected chi connectivity index (χ3v) is 3.55. The maximum absolute atomic E-state index is 12.4. The van der Waals surface area contributed by atoms with Crippen LogP contribution in [-0.4, -0.2) is 28.6 Å². The SMILES string of the molecule is C[C@H](NC(=O)OC(C)(C)C)C(=O)Nc1cccnc1Nc1ccc(Cl)cc1. The van der Waals surface area contributed by atoms with Crippen molar-refractivity contribution < 1.29 is 14.3 Å². The number of alkyl carbamates (subject to hydrolysis) is 1. The highest BCUT2D eigenvalue weighted by molar-refractivity contribution is 6.30. The molecule has 1 heterocycles. The van der Waals surface area contributed by atoms with Gasteiger partial charge in [-0.25, -0.2) is 9.78 Å². The van der Waals surface area contributed by atoms with Gasteiger partial charge in [-0.15, -0.1) is 0 Å². The van der Waals surface area contributed by atoms with Gasteiger partial charge in [0.05, 0.1) is 5.69 Å². The number of amides is 2. The fraction of sp³-hybridized carbons (Fsp3) is 0.316. The zero-order valence-electron chi connectivity index (χ0n) is 15.7. The van der Waals surface area contributed by atoms with Crippen LogP contribution in [0, 0.1) is 0 Å². The van der Waals surface area contributed by atoms with Gasteiger partial charge in [0.2, 0.25) is 5.91 Å². The fourth-order valence-corrected chi connectivity index (χ4v) is 2.19. The van der Waals surface area contributed by atoms with E-state index in [2.05, 4.69) is 20.9 Å². The average Bonchev–Trinajstić information content (AvgIpc) is 2.56. The van der Waals surface area contributed by atoms with Crippen LogP contribution in [0.5, 0.6) is 0 Å². The summed E-state index contributed by atoms with van der Waals surface area (Å²) >= 11 is 5.89. The average molecular weight is 391 g/mol. The van der Waals surface area contributed by atoms with Crippen molar-refractivity contribution in [1.82, 2.24) is 10.3 Å². The summed E-state index contributed by atoms with van der Waals surface area (Å²) in [6, 6.07) is 9.72. The maximum Gasteiger partial charge on any atom is 0.408 e. The van der Waals surface area contributed by atoms with Gasteiger partial charge in [-0.3, -0.25) is 4.79 Å². The summed E-state index contributed by atoms with van der Waals surface area (Å²) in [5.74, 6) is 0.0747. The summed E-state index contributed by atoms with van der Waals surface area (Å²) in [6.07, 6.45) is 0.951. The topological polar surface area (TPSA) is 92.3 Å². The van der Waals surface area contributed by atoms with Gasteiger partial charge >= 0.3 is 6.09 Å². The molecular weight excluding hydrogens is 368 g/mol. The largest absolute Gasteiger partial charge is 0.444 e. The number of aromatic nitrogens is 1. The number of carbonyl (C=O) groups is 2. The Morgan fingerprint density at radius 2 is 1.81 bits per heavy atom. The summed E-state index contributed by atoms with van der Waals surface area (Å²) in [5.41, 5.74) is 0.614. The molecular formula is C19H23ClN4O3. The lowest BCUT2D eigenvalue weighted by Crippen LogP contribution is -2.44. The molecule has 0 saturated carbocycles. The molecule has 27 heavy (non-hydrogen) atoms. The highest BCUT2D eigenvalue weighted by atomic mass is 35.5. The lowest BCUT2D eigenvalue weighted by molar-refractivity contribution is -0.117. The Balaban J connectivity index is 2.03. The number of carbonyl (C=O) groups excluding carboxylic acids is 2. The molecule has 0 fully saturated rings. The second-order valence-corrected chi connectivity index (χ2v) is 7.33. The van der Waals surface area contributed by atoms with E-state index in [1.165, 1.54) is 0 Å². The smallest absolute Gasteiger partial charge is 0.408 e. The molecule has 0 aliphatic carbocycles. The van der Waals surface area contributed by atoms with E-state index >= 15 is 0 Å². The van der Waals surface area contributed by atoms with Crippen LogP contribution in [-0.2, 0) is 9.53 Å². The van der Waals surface area contributed by atoms with Crippen LogP contribution in [0.2, 0.25) is 5.02 Å². The molecule has 0 aliphatic rings. The quantitative estimate of drug-likeness (QED) is 0.706. The van der Waals surface area contributed by atoms with Crippen molar-refractivity contribution in [2.24, 2.45) is 0 Å². The molecule has 0 saturated heterocycles. The van der Waals surface area contributed by atoms with Gasteiger partial charge < -0.3 is 20.7 Å². The van der Waals surface area contributed by atoms with E-state index in [1.807, 2.05) is 0 Å². The number of halogens is 1. The minimum atomic E-state index is -0.788. The predicted molar refractivity (Wildman–Crippen MR) is 106 cm³/mol. The van der Waals surface area contributed by atoms with Crippen molar-refractivity contribution in [2.45, 2.75) is 39.3 Å². The first-order chi connectivity index (χ1) is 12.6. The van der Waals surface area contributed by atoms with E-state index in [0.29, 0.717) is 16.5 Å². The lowest BCUT2D eigenvalue weighted by atomic mass is 10.2. The van der Waals surface area contributed by atoms with Crippen molar-refractivity contribution in [3.05, 3.63) is 47.6 Å². The first-order valence-corrected chi connectivity index (χ1v) is 8.80. The van der Waals surface area contributed by atoms with Crippen molar-refractivity contribution in [2.75, 3.05) is 10.6 Å². The van der Waals surface area contributed by atoms with Crippen LogP contribution < -0.4 is 16.0 Å². The number of hydrogen-bond acceptors (Lipinski definition) is 5. The molecule has 7 nitrogen and oxygen atoms in total. The molecule has 1 aromatic carbocycles. The zero-order chi connectivity index (χ0) is 20.0. The summed E-state index contributed by atoms with van der Waals surface area (Å²) in [7, 11) is 0. The Bertz CT molecular complexity index is 803. The van der Waals surface area contributed by atoms with Crippen LogP contribution in [0.3, 0.4) is 0 Å². The van der Waals surface area contributed by atoms with Gasteiger partial charge in [0.1, 0.15) is 11.6 Å². The molecule has 0 aliphatic heterocycles. The van der Waals surface area contributed by atoms with E-state index in [9.17, 15) is 9.59 Å². The summed E-state index contributed by atoms with van der Waals surface area (Å²) < 4.78 is 5.16. The van der Waals surface area contributed by atoms with Crippen molar-refractivity contribution >= 4 is 40.8 Å². The van der Waals surface area contributed by atoms with Gasteiger partial charge in [0.15, 0.2) is 5.82 Å². The number of benzene rings is 1. The minimum Gasteiger partial charge on any atom is -0.444 e. The summed E-state index contributed by atoms with van der Waals surface area (Å²) in [5, 5.41) is 8.99. The van der Waals surface area contributed by atoms with E-state index in [4.69, 9.17) is 16.3 Å². The summed E-state index contributed by atoms with van der Waals surface area (Å²) in [4.78, 5) is 28.5. The van der Waals surface area contributed by atoms with Crippen LogP contribution in [0.15, 0.2) is 42.6 Å². The second-order valence-electron chi connectivity index (χ2n) is 6.89. The normalized spacial score (nSPS) is 12.0. The van der Waals surface area contributed by atoms with E-state index in [-0.39, 0.29) is 0 Å². The third kappa shape index (κ3) is 6.79. The molecule has 3 N–H and O–H groups in total. The predicted octanol–water partition coefficient (Wildman–Crippen LogP) is 4.33. The molecule has 2 rings (SSSR count). The standard InChI is InChI=1S/C19H23ClN4O3/c1-12(22-18(26)27-19(2,3)4)17(25)24-15-6-5-11-21-16(15)23-14-9-7-13(20)8-10-14/h5-12H,1-4H3,(H,21,23)(H,22,26)(H,24,25)/t12-/m0/s1. The van der Waals surface area contributed by atoms with Gasteiger partial charge in [-0.2, -0.15) is 0 Å². The Morgan fingerprint density at radius 1 is 1.15 bits per heavy atom. The first-order valence-electron chi connectivity index (χ1n) is 8.42. The number of nitrogens with one attached hydrogen (secondary N) is 3. The zero-order valence-corrected chi connectivity index (χ0v) is 16.4. The number of pyridine rings is 1. The molecule has 8 heteroatoms. The Hall–Kier alpha value is -2.80. The second kappa shape index (κ2) is 8.73. The Labute approximate surface area is 163 Å². The van der Waals surface area contributed by atoms with Gasteiger partial charge in [0, 0.05) is 16.9 Å². The lowest BCUT2D eigenvalue weighted by Gasteiger charge is -2.22. The molecule has 1 atom stereocenters. The fourth-order valence-electron chi connectivity index (χ4n) is 2.07. The van der Waals surface area contributed by atoms with Crippen LogP contribution in [0.4, 0.5) is 22.0 Å². The third-order valence-electron chi connectivity index (χ3n) is 3.30. The minimum absolute atomic E-state index is 0.395. The van der Waals surface area contributed by atoms with Crippen LogP contribution in [0.25, 0.3) is 0 Å². The monoisotopic (exact) mass is 390 g/mol. The van der Waals surface area contributed by atoms with Gasteiger partial charge in [-0.05, 0) is 64.1 Å². The van der Waals surface area contributed by atoms with Crippen LogP contribution >= 0.6 is 11.6 Å². The molecule has 0 radical (unpaired) electrons. The molecule has 2 amide bonds.